The van der Waals surface area contributed by atoms with Gasteiger partial charge in [0.2, 0.25) is 0 Å². The Labute approximate surface area is 112 Å². The van der Waals surface area contributed by atoms with Crippen LogP contribution in [0.15, 0.2) is 0 Å². The molecular formula is C16H29NO. The van der Waals surface area contributed by atoms with Gasteiger partial charge in [-0.2, -0.15) is 0 Å². The van der Waals surface area contributed by atoms with Crippen molar-refractivity contribution >= 4 is 0 Å². The van der Waals surface area contributed by atoms with Gasteiger partial charge in [0.05, 0.1) is 6.10 Å². The van der Waals surface area contributed by atoms with Crippen LogP contribution in [-0.4, -0.2) is 35.2 Å². The van der Waals surface area contributed by atoms with E-state index in [0.29, 0.717) is 6.04 Å². The molecule has 1 saturated heterocycles. The summed E-state index contributed by atoms with van der Waals surface area (Å²) in [6.45, 7) is 4.88. The van der Waals surface area contributed by atoms with Crippen molar-refractivity contribution in [2.45, 2.75) is 70.4 Å². The number of hydrogen-bond donors (Lipinski definition) is 1. The quantitative estimate of drug-likeness (QED) is 0.774. The van der Waals surface area contributed by atoms with Gasteiger partial charge < -0.3 is 5.11 Å². The maximum atomic E-state index is 10.3. The maximum absolute atomic E-state index is 10.3. The molecule has 2 nitrogen and oxygen atoms in total. The molecule has 0 spiro atoms. The topological polar surface area (TPSA) is 23.5 Å². The summed E-state index contributed by atoms with van der Waals surface area (Å²) in [6.07, 6.45) is 10.6. The number of rotatable bonds is 1. The van der Waals surface area contributed by atoms with E-state index in [0.717, 1.165) is 24.2 Å². The summed E-state index contributed by atoms with van der Waals surface area (Å²) in [4.78, 5) is 2.65. The Morgan fingerprint density at radius 1 is 0.944 bits per heavy atom. The molecule has 104 valence electrons. The minimum absolute atomic E-state index is 0.0543. The highest BCUT2D eigenvalue weighted by molar-refractivity contribution is 4.91. The van der Waals surface area contributed by atoms with Crippen molar-refractivity contribution in [3.05, 3.63) is 0 Å². The van der Waals surface area contributed by atoms with E-state index < -0.39 is 0 Å². The highest BCUT2D eigenvalue weighted by Gasteiger charge is 2.37. The second kappa shape index (κ2) is 5.50. The number of nitrogens with zero attached hydrogens (tertiary/aromatic N) is 1. The Bertz CT molecular complexity index is 280. The number of piperidine rings is 1. The summed E-state index contributed by atoms with van der Waals surface area (Å²) in [6, 6.07) is 0.469. The third-order valence-corrected chi connectivity index (χ3v) is 5.83. The lowest BCUT2D eigenvalue weighted by Crippen LogP contribution is -2.52. The van der Waals surface area contributed by atoms with Crippen molar-refractivity contribution in [2.24, 2.45) is 17.8 Å². The minimum atomic E-state index is -0.0543. The predicted molar refractivity (Wildman–Crippen MR) is 74.4 cm³/mol. The molecule has 3 fully saturated rings. The third kappa shape index (κ3) is 2.60. The van der Waals surface area contributed by atoms with Crippen molar-refractivity contribution < 1.29 is 5.11 Å². The number of aliphatic hydroxyl groups excluding tert-OH is 1. The van der Waals surface area contributed by atoms with E-state index in [4.69, 9.17) is 0 Å². The minimum Gasteiger partial charge on any atom is -0.391 e. The van der Waals surface area contributed by atoms with Crippen LogP contribution in [0.3, 0.4) is 0 Å². The Balaban J connectivity index is 1.62. The molecule has 0 bridgehead atoms. The Kier molecular flexibility index (Phi) is 3.95. The van der Waals surface area contributed by atoms with Crippen molar-refractivity contribution in [3.8, 4) is 0 Å². The molecule has 0 aromatic carbocycles. The second-order valence-corrected chi connectivity index (χ2v) is 7.14. The van der Waals surface area contributed by atoms with Crippen molar-refractivity contribution in [1.29, 1.82) is 0 Å². The maximum Gasteiger partial charge on any atom is 0.0695 e. The molecule has 0 aromatic rings. The fourth-order valence-corrected chi connectivity index (χ4v) is 4.66. The van der Waals surface area contributed by atoms with Gasteiger partial charge in [-0.05, 0) is 56.4 Å². The van der Waals surface area contributed by atoms with Crippen LogP contribution in [0, 0.1) is 17.8 Å². The molecule has 3 rings (SSSR count). The molecule has 0 aromatic heterocycles. The molecule has 2 saturated carbocycles. The summed E-state index contributed by atoms with van der Waals surface area (Å²) in [7, 11) is 0. The molecule has 0 amide bonds. The van der Waals surface area contributed by atoms with Gasteiger partial charge in [0.25, 0.3) is 0 Å². The second-order valence-electron chi connectivity index (χ2n) is 7.14. The van der Waals surface area contributed by atoms with Crippen LogP contribution < -0.4 is 0 Å². The van der Waals surface area contributed by atoms with Crippen LogP contribution in [0.4, 0.5) is 0 Å². The lowest BCUT2D eigenvalue weighted by atomic mass is 9.74. The van der Waals surface area contributed by atoms with E-state index in [9.17, 15) is 5.11 Å². The SMILES string of the molecule is CC1CCC(O)C(N2CCC3CCCCC3C2)C1. The first kappa shape index (κ1) is 12.9. The number of likely N-dealkylation sites (tertiary alicyclic amines) is 1. The van der Waals surface area contributed by atoms with E-state index >= 15 is 0 Å². The van der Waals surface area contributed by atoms with Crippen LogP contribution in [0.5, 0.6) is 0 Å². The monoisotopic (exact) mass is 251 g/mol. The number of hydrogen-bond acceptors (Lipinski definition) is 2. The van der Waals surface area contributed by atoms with E-state index in [1.807, 2.05) is 0 Å². The Morgan fingerprint density at radius 3 is 2.56 bits per heavy atom. The van der Waals surface area contributed by atoms with Crippen LogP contribution in [0.25, 0.3) is 0 Å². The molecule has 18 heavy (non-hydrogen) atoms. The zero-order chi connectivity index (χ0) is 12.5. The van der Waals surface area contributed by atoms with E-state index in [2.05, 4.69) is 11.8 Å². The summed E-state index contributed by atoms with van der Waals surface area (Å²) in [5.41, 5.74) is 0. The highest BCUT2D eigenvalue weighted by atomic mass is 16.3. The summed E-state index contributed by atoms with van der Waals surface area (Å²) < 4.78 is 0. The molecule has 3 aliphatic rings. The molecule has 2 heteroatoms. The summed E-state index contributed by atoms with van der Waals surface area (Å²) in [5.74, 6) is 2.76. The molecule has 5 unspecified atom stereocenters. The Hall–Kier alpha value is -0.0800. The Morgan fingerprint density at radius 2 is 1.72 bits per heavy atom. The van der Waals surface area contributed by atoms with Gasteiger partial charge in [0.1, 0.15) is 0 Å². The van der Waals surface area contributed by atoms with Crippen LogP contribution in [0.1, 0.15) is 58.3 Å². The lowest BCUT2D eigenvalue weighted by molar-refractivity contribution is -0.0295. The fraction of sp³-hybridized carbons (Fsp3) is 1.00. The average Bonchev–Trinajstić information content (AvgIpc) is 2.41. The summed E-state index contributed by atoms with van der Waals surface area (Å²) >= 11 is 0. The van der Waals surface area contributed by atoms with Crippen molar-refractivity contribution in [2.75, 3.05) is 13.1 Å². The first-order chi connectivity index (χ1) is 8.74. The van der Waals surface area contributed by atoms with E-state index in [1.165, 1.54) is 58.0 Å². The fourth-order valence-electron chi connectivity index (χ4n) is 4.66. The molecule has 5 atom stereocenters. The zero-order valence-electron chi connectivity index (χ0n) is 11.9. The first-order valence-corrected chi connectivity index (χ1v) is 8.16. The molecular weight excluding hydrogens is 222 g/mol. The van der Waals surface area contributed by atoms with Gasteiger partial charge in [-0.25, -0.2) is 0 Å². The zero-order valence-corrected chi connectivity index (χ0v) is 11.9. The van der Waals surface area contributed by atoms with Gasteiger partial charge >= 0.3 is 0 Å². The van der Waals surface area contributed by atoms with E-state index in [1.54, 1.807) is 0 Å². The van der Waals surface area contributed by atoms with Crippen molar-refractivity contribution in [1.82, 2.24) is 4.90 Å². The number of aliphatic hydroxyl groups is 1. The third-order valence-electron chi connectivity index (χ3n) is 5.83. The van der Waals surface area contributed by atoms with Gasteiger partial charge in [0.15, 0.2) is 0 Å². The van der Waals surface area contributed by atoms with Crippen LogP contribution in [-0.2, 0) is 0 Å². The normalized spacial score (nSPS) is 46.7. The largest absolute Gasteiger partial charge is 0.391 e. The molecule has 0 radical (unpaired) electrons. The van der Waals surface area contributed by atoms with Crippen LogP contribution in [0.2, 0.25) is 0 Å². The van der Waals surface area contributed by atoms with Gasteiger partial charge in [-0.15, -0.1) is 0 Å². The molecule has 2 aliphatic carbocycles. The number of fused-ring (bicyclic) bond motifs is 1. The van der Waals surface area contributed by atoms with Gasteiger partial charge in [0, 0.05) is 12.6 Å². The standard InChI is InChI=1S/C16H29NO/c1-12-6-7-16(18)15(10-12)17-9-8-13-4-2-3-5-14(13)11-17/h12-16,18H,2-11H2,1H3. The van der Waals surface area contributed by atoms with Gasteiger partial charge in [-0.3, -0.25) is 4.90 Å². The van der Waals surface area contributed by atoms with Gasteiger partial charge in [-0.1, -0.05) is 26.2 Å². The summed E-state index contributed by atoms with van der Waals surface area (Å²) in [5, 5.41) is 10.3. The molecule has 1 aliphatic heterocycles. The molecule has 1 N–H and O–H groups in total. The van der Waals surface area contributed by atoms with Crippen molar-refractivity contribution in [3.63, 3.8) is 0 Å². The van der Waals surface area contributed by atoms with Crippen LogP contribution >= 0.6 is 0 Å². The first-order valence-electron chi connectivity index (χ1n) is 8.16. The predicted octanol–water partition coefficient (Wildman–Crippen LogP) is 3.05. The average molecular weight is 251 g/mol. The van der Waals surface area contributed by atoms with E-state index in [-0.39, 0.29) is 6.10 Å². The highest BCUT2D eigenvalue weighted by Crippen LogP contribution is 2.38. The lowest BCUT2D eigenvalue weighted by Gasteiger charge is -2.47. The molecule has 1 heterocycles. The smallest absolute Gasteiger partial charge is 0.0695 e.